The lowest BCUT2D eigenvalue weighted by Gasteiger charge is -1.94. The van der Waals surface area contributed by atoms with Crippen molar-refractivity contribution in [2.75, 3.05) is 0 Å². The predicted octanol–water partition coefficient (Wildman–Crippen LogP) is 0.598. The van der Waals surface area contributed by atoms with Crippen LogP contribution in [0.3, 0.4) is 0 Å². The molecule has 2 nitrogen and oxygen atoms in total. The smallest absolute Gasteiger partial charge is 0.114 e. The van der Waals surface area contributed by atoms with Crippen molar-refractivity contribution < 1.29 is 0 Å². The highest BCUT2D eigenvalue weighted by atomic mass is 32.1. The van der Waals surface area contributed by atoms with Crippen LogP contribution in [0.5, 0.6) is 0 Å². The van der Waals surface area contributed by atoms with Gasteiger partial charge in [-0.05, 0) is 0 Å². The molecular weight excluding hydrogens is 120 g/mol. The fourth-order valence-electron chi connectivity index (χ4n) is 0.232. The standard InChI is InChI=1S/C5H6N2S/c1-2-4(3-6)5(7)8/h2,4H,1H2,(H2,7,8). The van der Waals surface area contributed by atoms with Crippen LogP contribution in [0.2, 0.25) is 0 Å². The largest absolute Gasteiger partial charge is 0.392 e. The zero-order valence-corrected chi connectivity index (χ0v) is 5.11. The average molecular weight is 126 g/mol. The van der Waals surface area contributed by atoms with E-state index in [1.54, 1.807) is 0 Å². The Morgan fingerprint density at radius 2 is 2.50 bits per heavy atom. The van der Waals surface area contributed by atoms with Crippen LogP contribution in [-0.4, -0.2) is 4.99 Å². The maximum atomic E-state index is 8.21. The fourth-order valence-corrected chi connectivity index (χ4v) is 0.381. The van der Waals surface area contributed by atoms with E-state index in [0.29, 0.717) is 0 Å². The van der Waals surface area contributed by atoms with E-state index in [-0.39, 0.29) is 4.99 Å². The summed E-state index contributed by atoms with van der Waals surface area (Å²) in [5.41, 5.74) is 5.10. The average Bonchev–Trinajstić information content (AvgIpc) is 1.69. The van der Waals surface area contributed by atoms with Gasteiger partial charge >= 0.3 is 0 Å². The number of hydrogen-bond acceptors (Lipinski definition) is 2. The third-order valence-corrected chi connectivity index (χ3v) is 0.935. The third-order valence-electron chi connectivity index (χ3n) is 0.681. The predicted molar refractivity (Wildman–Crippen MR) is 36.1 cm³/mol. The lowest BCUT2D eigenvalue weighted by Crippen LogP contribution is -2.16. The molecule has 0 rings (SSSR count). The van der Waals surface area contributed by atoms with Gasteiger partial charge < -0.3 is 5.73 Å². The zero-order valence-electron chi connectivity index (χ0n) is 4.29. The highest BCUT2D eigenvalue weighted by Crippen LogP contribution is 1.93. The Morgan fingerprint density at radius 3 is 2.50 bits per heavy atom. The quantitative estimate of drug-likeness (QED) is 0.435. The molecule has 42 valence electrons. The Balaban J connectivity index is 3.95. The number of nitriles is 1. The summed E-state index contributed by atoms with van der Waals surface area (Å²) in [5, 5.41) is 8.21. The van der Waals surface area contributed by atoms with Gasteiger partial charge in [0.1, 0.15) is 5.92 Å². The molecule has 2 N–H and O–H groups in total. The first-order valence-electron chi connectivity index (χ1n) is 2.04. The Labute approximate surface area is 53.6 Å². The molecule has 0 aliphatic carbocycles. The van der Waals surface area contributed by atoms with Gasteiger partial charge in [-0.25, -0.2) is 0 Å². The van der Waals surface area contributed by atoms with Gasteiger partial charge in [0.15, 0.2) is 0 Å². The molecule has 0 heterocycles. The molecule has 0 amide bonds. The van der Waals surface area contributed by atoms with Gasteiger partial charge in [0.05, 0.1) is 11.1 Å². The number of hydrogen-bond donors (Lipinski definition) is 1. The molecular formula is C5H6N2S. The van der Waals surface area contributed by atoms with Crippen LogP contribution in [0.15, 0.2) is 12.7 Å². The molecule has 0 fully saturated rings. The van der Waals surface area contributed by atoms with Crippen molar-refractivity contribution in [3.63, 3.8) is 0 Å². The molecule has 0 aliphatic rings. The second-order valence-corrected chi connectivity index (χ2v) is 1.72. The topological polar surface area (TPSA) is 49.8 Å². The van der Waals surface area contributed by atoms with Crippen molar-refractivity contribution >= 4 is 17.2 Å². The van der Waals surface area contributed by atoms with Gasteiger partial charge in [-0.3, -0.25) is 0 Å². The summed E-state index contributed by atoms with van der Waals surface area (Å²) < 4.78 is 0. The first-order valence-corrected chi connectivity index (χ1v) is 2.44. The minimum Gasteiger partial charge on any atom is -0.392 e. The van der Waals surface area contributed by atoms with E-state index in [4.69, 9.17) is 11.0 Å². The molecule has 1 atom stereocenters. The van der Waals surface area contributed by atoms with Crippen LogP contribution in [0.1, 0.15) is 0 Å². The number of nitrogens with zero attached hydrogens (tertiary/aromatic N) is 1. The Morgan fingerprint density at radius 1 is 2.00 bits per heavy atom. The van der Waals surface area contributed by atoms with E-state index >= 15 is 0 Å². The zero-order chi connectivity index (χ0) is 6.57. The summed E-state index contributed by atoms with van der Waals surface area (Å²) in [5.74, 6) is -0.468. The van der Waals surface area contributed by atoms with Crippen molar-refractivity contribution in [2.45, 2.75) is 0 Å². The van der Waals surface area contributed by atoms with E-state index in [2.05, 4.69) is 18.8 Å². The SMILES string of the molecule is C=CC(C#N)C(N)=S. The maximum absolute atomic E-state index is 8.21. The van der Waals surface area contributed by atoms with Crippen molar-refractivity contribution in [3.8, 4) is 6.07 Å². The third kappa shape index (κ3) is 1.71. The van der Waals surface area contributed by atoms with Gasteiger partial charge in [-0.2, -0.15) is 5.26 Å². The van der Waals surface area contributed by atoms with Gasteiger partial charge in [0.2, 0.25) is 0 Å². The molecule has 0 aromatic rings. The van der Waals surface area contributed by atoms with Gasteiger partial charge in [-0.1, -0.05) is 18.3 Å². The maximum Gasteiger partial charge on any atom is 0.114 e. The van der Waals surface area contributed by atoms with E-state index in [0.717, 1.165) is 0 Å². The lowest BCUT2D eigenvalue weighted by molar-refractivity contribution is 1.16. The van der Waals surface area contributed by atoms with Gasteiger partial charge in [-0.15, -0.1) is 6.58 Å². The monoisotopic (exact) mass is 126 g/mol. The number of rotatable bonds is 2. The van der Waals surface area contributed by atoms with Crippen molar-refractivity contribution in [1.29, 1.82) is 5.26 Å². The molecule has 0 bridgehead atoms. The van der Waals surface area contributed by atoms with Crippen LogP contribution < -0.4 is 5.73 Å². The first kappa shape index (κ1) is 7.12. The minimum atomic E-state index is -0.468. The van der Waals surface area contributed by atoms with Crippen LogP contribution >= 0.6 is 12.2 Å². The molecule has 8 heavy (non-hydrogen) atoms. The Kier molecular flexibility index (Phi) is 2.82. The molecule has 3 heteroatoms. The van der Waals surface area contributed by atoms with Crippen LogP contribution in [0, 0.1) is 17.2 Å². The van der Waals surface area contributed by atoms with Crippen molar-refractivity contribution in [2.24, 2.45) is 11.7 Å². The van der Waals surface area contributed by atoms with E-state index < -0.39 is 5.92 Å². The molecule has 0 saturated heterocycles. The molecule has 1 unspecified atom stereocenters. The lowest BCUT2D eigenvalue weighted by atomic mass is 10.2. The second-order valence-electron chi connectivity index (χ2n) is 1.24. The summed E-state index contributed by atoms with van der Waals surface area (Å²) in [4.78, 5) is 0.183. The first-order chi connectivity index (χ1) is 3.72. The van der Waals surface area contributed by atoms with E-state index in [1.807, 2.05) is 6.07 Å². The Hall–Kier alpha value is -0.880. The summed E-state index contributed by atoms with van der Waals surface area (Å²) >= 11 is 4.50. The number of thiocarbonyl (C=S) groups is 1. The molecule has 0 spiro atoms. The van der Waals surface area contributed by atoms with E-state index in [9.17, 15) is 0 Å². The fraction of sp³-hybridized carbons (Fsp3) is 0.200. The van der Waals surface area contributed by atoms with Crippen molar-refractivity contribution in [1.82, 2.24) is 0 Å². The highest BCUT2D eigenvalue weighted by molar-refractivity contribution is 7.80. The summed E-state index contributed by atoms with van der Waals surface area (Å²) in [6.07, 6.45) is 1.42. The number of nitrogens with two attached hydrogens (primary N) is 1. The van der Waals surface area contributed by atoms with Crippen molar-refractivity contribution in [3.05, 3.63) is 12.7 Å². The van der Waals surface area contributed by atoms with Gasteiger partial charge in [0.25, 0.3) is 0 Å². The molecule has 0 radical (unpaired) electrons. The molecule has 0 aliphatic heterocycles. The summed E-state index contributed by atoms with van der Waals surface area (Å²) in [6.45, 7) is 3.36. The van der Waals surface area contributed by atoms with E-state index in [1.165, 1.54) is 6.08 Å². The second kappa shape index (κ2) is 3.16. The highest BCUT2D eigenvalue weighted by Gasteiger charge is 2.01. The molecule has 0 saturated carbocycles. The normalized spacial score (nSPS) is 11.4. The van der Waals surface area contributed by atoms with Gasteiger partial charge in [0, 0.05) is 0 Å². The minimum absolute atomic E-state index is 0.183. The summed E-state index contributed by atoms with van der Waals surface area (Å²) in [6, 6.07) is 1.87. The van der Waals surface area contributed by atoms with Crippen LogP contribution in [0.25, 0.3) is 0 Å². The van der Waals surface area contributed by atoms with Crippen LogP contribution in [0.4, 0.5) is 0 Å². The summed E-state index contributed by atoms with van der Waals surface area (Å²) in [7, 11) is 0. The molecule has 0 aromatic carbocycles. The molecule has 0 aromatic heterocycles. The van der Waals surface area contributed by atoms with Crippen LogP contribution in [-0.2, 0) is 0 Å². The Bertz CT molecular complexity index is 145.